The summed E-state index contributed by atoms with van der Waals surface area (Å²) in [5, 5.41) is 9.32. The maximum absolute atomic E-state index is 13.9. The summed E-state index contributed by atoms with van der Waals surface area (Å²) in [5.41, 5.74) is 0. The van der Waals surface area contributed by atoms with Gasteiger partial charge in [0.25, 0.3) is 0 Å². The van der Waals surface area contributed by atoms with E-state index in [1.54, 1.807) is 0 Å². The summed E-state index contributed by atoms with van der Waals surface area (Å²) in [5.74, 6) is -96.5. The minimum Gasteiger partial charge on any atom is -0.391 e. The fourth-order valence-corrected chi connectivity index (χ4v) is 3.04. The zero-order valence-electron chi connectivity index (χ0n) is 21.1. The van der Waals surface area contributed by atoms with Gasteiger partial charge in [-0.1, -0.05) is 0 Å². The fourth-order valence-electron chi connectivity index (χ4n) is 3.04. The van der Waals surface area contributed by atoms with Gasteiger partial charge >= 0.3 is 71.6 Å². The third kappa shape index (κ3) is 6.01. The van der Waals surface area contributed by atoms with E-state index in [-0.39, 0.29) is 13.2 Å². The molecule has 1 saturated heterocycles. The summed E-state index contributed by atoms with van der Waals surface area (Å²) >= 11 is 0. The summed E-state index contributed by atoms with van der Waals surface area (Å²) < 4.78 is 333. The molecule has 2 unspecified atom stereocenters. The lowest BCUT2D eigenvalue weighted by Crippen LogP contribution is -2.78. The summed E-state index contributed by atoms with van der Waals surface area (Å²) in [4.78, 5) is 0. The maximum Gasteiger partial charge on any atom is 0.385 e. The van der Waals surface area contributed by atoms with Crippen LogP contribution >= 0.6 is 0 Å². The predicted molar refractivity (Wildman–Crippen MR) is 96.2 cm³/mol. The van der Waals surface area contributed by atoms with Gasteiger partial charge in [-0.15, -0.1) is 0 Å². The van der Waals surface area contributed by atoms with Crippen molar-refractivity contribution >= 4 is 0 Å². The van der Waals surface area contributed by atoms with Crippen molar-refractivity contribution in [3.8, 4) is 0 Å². The SMILES string of the molecule is OC(CCC(F)(F)C(F)(F)C(F)(F)C(F)(F)C(F)(F)C(F)(F)C(F)(F)C(F)(F)C(F)(F)C(F)(F)C(F)(F)C(F)F)COCC1CO1. The quantitative estimate of drug-likeness (QED) is 0.115. The smallest absolute Gasteiger partial charge is 0.385 e. The van der Waals surface area contributed by atoms with Gasteiger partial charge in [-0.05, 0) is 6.42 Å². The Morgan fingerprint density at radius 3 is 1.15 bits per heavy atom. The average Bonchev–Trinajstić information content (AvgIpc) is 3.70. The Morgan fingerprint density at radius 1 is 0.543 bits per heavy atom. The van der Waals surface area contributed by atoms with Crippen molar-refractivity contribution in [2.45, 2.75) is 96.6 Å². The first-order valence-corrected chi connectivity index (χ1v) is 11.2. The highest BCUT2D eigenvalue weighted by atomic mass is 19.4. The summed E-state index contributed by atoms with van der Waals surface area (Å²) in [6.45, 7) is -1.41. The molecule has 0 bridgehead atoms. The van der Waals surface area contributed by atoms with E-state index in [9.17, 15) is 110 Å². The van der Waals surface area contributed by atoms with Crippen LogP contribution in [-0.2, 0) is 9.47 Å². The second kappa shape index (κ2) is 12.0. The zero-order valence-corrected chi connectivity index (χ0v) is 21.1. The van der Waals surface area contributed by atoms with Gasteiger partial charge in [0.2, 0.25) is 0 Å². The molecule has 0 aromatic rings. The molecule has 1 aliphatic rings. The number of alkyl halides is 24. The first-order valence-electron chi connectivity index (χ1n) is 11.2. The fraction of sp³-hybridized carbons (Fsp3) is 1.00. The second-order valence-corrected chi connectivity index (χ2v) is 9.48. The van der Waals surface area contributed by atoms with Crippen molar-refractivity contribution in [1.29, 1.82) is 0 Å². The third-order valence-electron chi connectivity index (χ3n) is 6.11. The third-order valence-corrected chi connectivity index (χ3v) is 6.11. The summed E-state index contributed by atoms with van der Waals surface area (Å²) in [6, 6.07) is 0. The number of halogens is 24. The molecule has 1 rings (SSSR count). The van der Waals surface area contributed by atoms with Crippen molar-refractivity contribution in [3.63, 3.8) is 0 Å². The van der Waals surface area contributed by atoms with Gasteiger partial charge in [0.05, 0.1) is 25.9 Å². The lowest BCUT2D eigenvalue weighted by Gasteiger charge is -2.45. The minimum absolute atomic E-state index is 0.0838. The molecule has 0 aromatic heterocycles. The number of hydrogen-bond acceptors (Lipinski definition) is 3. The molecule has 46 heavy (non-hydrogen) atoms. The molecule has 0 saturated carbocycles. The molecular weight excluding hydrogens is 732 g/mol. The average molecular weight is 746 g/mol. The Hall–Kier alpha value is -1.80. The van der Waals surface area contributed by atoms with Crippen LogP contribution < -0.4 is 0 Å². The molecule has 27 heteroatoms. The molecule has 276 valence electrons. The Kier molecular flexibility index (Phi) is 11.0. The Bertz CT molecular complexity index is 1050. The molecular formula is C19H14F24O3. The van der Waals surface area contributed by atoms with E-state index in [1.807, 2.05) is 0 Å². The normalized spacial score (nSPS) is 19.6. The molecule has 2 atom stereocenters. The van der Waals surface area contributed by atoms with Gasteiger partial charge < -0.3 is 14.6 Å². The topological polar surface area (TPSA) is 42.0 Å². The molecule has 0 amide bonds. The second-order valence-electron chi connectivity index (χ2n) is 9.48. The first kappa shape index (κ1) is 42.2. The zero-order chi connectivity index (χ0) is 37.2. The van der Waals surface area contributed by atoms with Crippen molar-refractivity contribution in [1.82, 2.24) is 0 Å². The van der Waals surface area contributed by atoms with Crippen LogP contribution in [0.4, 0.5) is 105 Å². The number of aliphatic hydroxyl groups is 1. The van der Waals surface area contributed by atoms with Gasteiger partial charge in [0.15, 0.2) is 0 Å². The van der Waals surface area contributed by atoms with E-state index in [0.29, 0.717) is 0 Å². The highest BCUT2D eigenvalue weighted by Gasteiger charge is 2.98. The number of epoxide rings is 1. The Balaban J connectivity index is 3.55. The van der Waals surface area contributed by atoms with Crippen molar-refractivity contribution in [2.24, 2.45) is 0 Å². The van der Waals surface area contributed by atoms with E-state index in [1.165, 1.54) is 0 Å². The minimum atomic E-state index is -9.50. The van der Waals surface area contributed by atoms with Crippen LogP contribution in [0.1, 0.15) is 12.8 Å². The monoisotopic (exact) mass is 746 g/mol. The highest BCUT2D eigenvalue weighted by molar-refractivity contribution is 5.19. The molecule has 0 aromatic carbocycles. The number of rotatable bonds is 18. The van der Waals surface area contributed by atoms with Crippen LogP contribution in [0.25, 0.3) is 0 Å². The molecule has 1 heterocycles. The van der Waals surface area contributed by atoms with E-state index in [2.05, 4.69) is 9.47 Å². The van der Waals surface area contributed by atoms with E-state index in [0.717, 1.165) is 0 Å². The van der Waals surface area contributed by atoms with E-state index in [4.69, 9.17) is 0 Å². The van der Waals surface area contributed by atoms with Crippen molar-refractivity contribution in [2.75, 3.05) is 19.8 Å². The van der Waals surface area contributed by atoms with Gasteiger partial charge in [-0.25, -0.2) is 8.78 Å². The van der Waals surface area contributed by atoms with Crippen LogP contribution in [0.5, 0.6) is 0 Å². The molecule has 0 aliphatic carbocycles. The summed E-state index contributed by atoms with van der Waals surface area (Å²) in [6.07, 6.45) is -14.1. The van der Waals surface area contributed by atoms with Crippen LogP contribution in [0.2, 0.25) is 0 Å². The highest BCUT2D eigenvalue weighted by Crippen LogP contribution is 2.67. The van der Waals surface area contributed by atoms with Gasteiger partial charge in [0, 0.05) is 6.42 Å². The van der Waals surface area contributed by atoms with Gasteiger partial charge in [-0.3, -0.25) is 0 Å². The molecule has 3 nitrogen and oxygen atoms in total. The van der Waals surface area contributed by atoms with E-state index < -0.39 is 103 Å². The molecule has 1 aliphatic heterocycles. The van der Waals surface area contributed by atoms with Crippen molar-refractivity contribution in [3.05, 3.63) is 0 Å². The molecule has 1 fully saturated rings. The number of ether oxygens (including phenoxy) is 2. The van der Waals surface area contributed by atoms with E-state index >= 15 is 0 Å². The van der Waals surface area contributed by atoms with Crippen LogP contribution in [0.15, 0.2) is 0 Å². The predicted octanol–water partition coefficient (Wildman–Crippen LogP) is 7.80. The van der Waals surface area contributed by atoms with Gasteiger partial charge in [0.1, 0.15) is 6.10 Å². The van der Waals surface area contributed by atoms with Crippen LogP contribution in [-0.4, -0.2) is 109 Å². The lowest BCUT2D eigenvalue weighted by atomic mass is 9.84. The maximum atomic E-state index is 13.9. The number of aliphatic hydroxyl groups excluding tert-OH is 1. The standard InChI is InChI=1S/C19H14F24O3/c20-8(21)10(24,25)12(28,29)14(32,33)16(36,37)18(40,41)19(42,43)17(38,39)15(34,35)13(30,31)11(26,27)9(22,23)2-1-6(44)3-45-4-7-5-46-7/h6-8,44H,1-5H2. The van der Waals surface area contributed by atoms with Crippen LogP contribution in [0, 0.1) is 0 Å². The molecule has 0 radical (unpaired) electrons. The Labute approximate surface area is 237 Å². The first-order chi connectivity index (χ1) is 19.9. The molecule has 1 N–H and O–H groups in total. The number of hydrogen-bond donors (Lipinski definition) is 1. The van der Waals surface area contributed by atoms with Gasteiger partial charge in [-0.2, -0.15) is 96.6 Å². The van der Waals surface area contributed by atoms with Crippen molar-refractivity contribution < 1.29 is 120 Å². The summed E-state index contributed by atoms with van der Waals surface area (Å²) in [7, 11) is 0. The Morgan fingerprint density at radius 2 is 0.848 bits per heavy atom. The molecule has 0 spiro atoms. The largest absolute Gasteiger partial charge is 0.391 e. The lowest BCUT2D eigenvalue weighted by molar-refractivity contribution is -0.476. The van der Waals surface area contributed by atoms with Crippen LogP contribution in [0.3, 0.4) is 0 Å².